The van der Waals surface area contributed by atoms with Gasteiger partial charge in [-0.05, 0) is 25.7 Å². The number of esters is 1. The third-order valence-electron chi connectivity index (χ3n) is 4.92. The lowest BCUT2D eigenvalue weighted by atomic mass is 9.84. The first-order valence-corrected chi connectivity index (χ1v) is 7.81. The minimum Gasteiger partial charge on any atom is -0.467 e. The molecule has 0 aromatic carbocycles. The van der Waals surface area contributed by atoms with Gasteiger partial charge in [-0.15, -0.1) is 0 Å². The number of methoxy groups -OCH3 is 1. The molecule has 2 heterocycles. The van der Waals surface area contributed by atoms with Crippen molar-refractivity contribution in [2.24, 2.45) is 5.92 Å². The molecule has 2 aliphatic heterocycles. The van der Waals surface area contributed by atoms with E-state index in [4.69, 9.17) is 14.2 Å². The Bertz CT molecular complexity index is 408. The van der Waals surface area contributed by atoms with Gasteiger partial charge in [0, 0.05) is 25.3 Å². The number of ether oxygens (including phenoxy) is 3. The molecule has 0 N–H and O–H groups in total. The maximum Gasteiger partial charge on any atom is 0.328 e. The van der Waals surface area contributed by atoms with Crippen LogP contribution in [0.25, 0.3) is 0 Å². The predicted molar refractivity (Wildman–Crippen MR) is 73.3 cm³/mol. The number of carbonyl (C=O) groups is 2. The van der Waals surface area contributed by atoms with Crippen LogP contribution in [0, 0.1) is 5.92 Å². The molecular weight excluding hydrogens is 274 g/mol. The molecule has 3 aliphatic rings. The van der Waals surface area contributed by atoms with Crippen molar-refractivity contribution < 1.29 is 23.8 Å². The number of nitrogens with zero attached hydrogens (tertiary/aromatic N) is 1. The Kier molecular flexibility index (Phi) is 4.17. The second kappa shape index (κ2) is 5.93. The summed E-state index contributed by atoms with van der Waals surface area (Å²) in [7, 11) is 1.38. The summed E-state index contributed by atoms with van der Waals surface area (Å²) < 4.78 is 16.2. The third-order valence-corrected chi connectivity index (χ3v) is 4.92. The van der Waals surface area contributed by atoms with Gasteiger partial charge in [-0.2, -0.15) is 0 Å². The van der Waals surface area contributed by atoms with E-state index >= 15 is 0 Å². The van der Waals surface area contributed by atoms with Gasteiger partial charge in [0.2, 0.25) is 5.91 Å². The Morgan fingerprint density at radius 2 is 1.81 bits per heavy atom. The van der Waals surface area contributed by atoms with E-state index in [1.165, 1.54) is 7.11 Å². The van der Waals surface area contributed by atoms with Crippen LogP contribution in [0.3, 0.4) is 0 Å². The smallest absolute Gasteiger partial charge is 0.328 e. The van der Waals surface area contributed by atoms with Crippen LogP contribution in [0.4, 0.5) is 0 Å². The molecule has 6 heteroatoms. The van der Waals surface area contributed by atoms with Crippen molar-refractivity contribution in [3.63, 3.8) is 0 Å². The van der Waals surface area contributed by atoms with Crippen LogP contribution in [-0.2, 0) is 23.8 Å². The third kappa shape index (κ3) is 2.79. The van der Waals surface area contributed by atoms with Crippen molar-refractivity contribution in [1.82, 2.24) is 4.90 Å². The summed E-state index contributed by atoms with van der Waals surface area (Å²) >= 11 is 0. The minimum atomic E-state index is -0.441. The molecule has 1 atom stereocenters. The number of likely N-dealkylation sites (tertiary alicyclic amines) is 1. The van der Waals surface area contributed by atoms with Crippen molar-refractivity contribution in [1.29, 1.82) is 0 Å². The molecule has 1 aliphatic carbocycles. The second-order valence-corrected chi connectivity index (χ2v) is 6.09. The summed E-state index contributed by atoms with van der Waals surface area (Å²) in [6.07, 6.45) is 4.64. The molecule has 1 amide bonds. The van der Waals surface area contributed by atoms with Gasteiger partial charge in [-0.1, -0.05) is 0 Å². The van der Waals surface area contributed by atoms with Crippen molar-refractivity contribution >= 4 is 11.9 Å². The molecule has 21 heavy (non-hydrogen) atoms. The number of amides is 1. The summed E-state index contributed by atoms with van der Waals surface area (Å²) in [6.45, 7) is 1.96. The maximum absolute atomic E-state index is 12.7. The Morgan fingerprint density at radius 1 is 1.14 bits per heavy atom. The number of hydrogen-bond acceptors (Lipinski definition) is 5. The predicted octanol–water partition coefficient (Wildman–Crippen LogP) is 1.08. The highest BCUT2D eigenvalue weighted by Crippen LogP contribution is 2.39. The standard InChI is InChI=1S/C15H23NO5/c1-19-14(18)12-3-2-8-16(12)13(17)11-4-6-15(7-5-11)20-9-10-21-15/h11-12H,2-10H2,1H3. The first-order chi connectivity index (χ1) is 10.2. The molecule has 1 spiro atoms. The molecule has 1 unspecified atom stereocenters. The zero-order chi connectivity index (χ0) is 14.9. The first-order valence-electron chi connectivity index (χ1n) is 7.81. The lowest BCUT2D eigenvalue weighted by Gasteiger charge is -2.36. The fourth-order valence-electron chi connectivity index (χ4n) is 3.74. The van der Waals surface area contributed by atoms with E-state index in [9.17, 15) is 9.59 Å². The van der Waals surface area contributed by atoms with Crippen molar-refractivity contribution in [2.75, 3.05) is 26.9 Å². The zero-order valence-corrected chi connectivity index (χ0v) is 12.5. The highest BCUT2D eigenvalue weighted by molar-refractivity contribution is 5.86. The van der Waals surface area contributed by atoms with Crippen LogP contribution in [-0.4, -0.2) is 55.5 Å². The van der Waals surface area contributed by atoms with E-state index in [0.29, 0.717) is 26.2 Å². The average Bonchev–Trinajstić information content (AvgIpc) is 3.16. The lowest BCUT2D eigenvalue weighted by Crippen LogP contribution is -2.46. The SMILES string of the molecule is COC(=O)C1CCCN1C(=O)C1CCC2(CC1)OCCO2. The van der Waals surface area contributed by atoms with E-state index < -0.39 is 11.8 Å². The fourth-order valence-corrected chi connectivity index (χ4v) is 3.74. The van der Waals surface area contributed by atoms with Crippen LogP contribution >= 0.6 is 0 Å². The van der Waals surface area contributed by atoms with E-state index in [0.717, 1.165) is 32.1 Å². The molecule has 1 saturated carbocycles. The van der Waals surface area contributed by atoms with Gasteiger partial charge in [-0.3, -0.25) is 4.79 Å². The molecule has 2 saturated heterocycles. The molecule has 118 valence electrons. The topological polar surface area (TPSA) is 65.1 Å². The molecule has 0 aromatic heterocycles. The summed E-state index contributed by atoms with van der Waals surface area (Å²) in [5, 5.41) is 0. The number of hydrogen-bond donors (Lipinski definition) is 0. The van der Waals surface area contributed by atoms with Crippen molar-refractivity contribution in [3.8, 4) is 0 Å². The molecule has 3 fully saturated rings. The first kappa shape index (κ1) is 14.8. The van der Waals surface area contributed by atoms with Crippen LogP contribution in [0.15, 0.2) is 0 Å². The van der Waals surface area contributed by atoms with E-state index in [1.54, 1.807) is 4.90 Å². The van der Waals surface area contributed by atoms with E-state index in [-0.39, 0.29) is 17.8 Å². The van der Waals surface area contributed by atoms with Crippen molar-refractivity contribution in [2.45, 2.75) is 50.4 Å². The van der Waals surface area contributed by atoms with Crippen LogP contribution in [0.1, 0.15) is 38.5 Å². The quantitative estimate of drug-likeness (QED) is 0.714. The Labute approximate surface area is 124 Å². The molecular formula is C15H23NO5. The van der Waals surface area contributed by atoms with Gasteiger partial charge < -0.3 is 19.1 Å². The Hall–Kier alpha value is -1.14. The van der Waals surface area contributed by atoms with Gasteiger partial charge in [-0.25, -0.2) is 4.79 Å². The lowest BCUT2D eigenvalue weighted by molar-refractivity contribution is -0.185. The number of rotatable bonds is 2. The number of carbonyl (C=O) groups excluding carboxylic acids is 2. The van der Waals surface area contributed by atoms with Gasteiger partial charge in [0.25, 0.3) is 0 Å². The van der Waals surface area contributed by atoms with Gasteiger partial charge in [0.15, 0.2) is 5.79 Å². The molecule has 0 bridgehead atoms. The highest BCUT2D eigenvalue weighted by atomic mass is 16.7. The van der Waals surface area contributed by atoms with Gasteiger partial charge in [0.05, 0.1) is 20.3 Å². The van der Waals surface area contributed by atoms with Crippen molar-refractivity contribution in [3.05, 3.63) is 0 Å². The Balaban J connectivity index is 1.59. The highest BCUT2D eigenvalue weighted by Gasteiger charge is 2.44. The van der Waals surface area contributed by atoms with E-state index in [2.05, 4.69) is 0 Å². The normalized spacial score (nSPS) is 29.0. The molecule has 0 radical (unpaired) electrons. The van der Waals surface area contributed by atoms with Crippen LogP contribution < -0.4 is 0 Å². The van der Waals surface area contributed by atoms with E-state index in [1.807, 2.05) is 0 Å². The zero-order valence-electron chi connectivity index (χ0n) is 12.5. The largest absolute Gasteiger partial charge is 0.467 e. The van der Waals surface area contributed by atoms with Gasteiger partial charge >= 0.3 is 5.97 Å². The molecule has 3 rings (SSSR count). The molecule has 6 nitrogen and oxygen atoms in total. The summed E-state index contributed by atoms with van der Waals surface area (Å²) in [5.41, 5.74) is 0. The Morgan fingerprint density at radius 3 is 2.43 bits per heavy atom. The maximum atomic E-state index is 12.7. The summed E-state index contributed by atoms with van der Waals surface area (Å²) in [6, 6.07) is -0.391. The summed E-state index contributed by atoms with van der Waals surface area (Å²) in [5.74, 6) is -0.663. The second-order valence-electron chi connectivity index (χ2n) is 6.09. The fraction of sp³-hybridized carbons (Fsp3) is 0.867. The average molecular weight is 297 g/mol. The van der Waals surface area contributed by atoms with Crippen LogP contribution in [0.5, 0.6) is 0 Å². The van der Waals surface area contributed by atoms with Crippen LogP contribution in [0.2, 0.25) is 0 Å². The molecule has 0 aromatic rings. The monoisotopic (exact) mass is 297 g/mol. The van der Waals surface area contributed by atoms with Gasteiger partial charge in [0.1, 0.15) is 6.04 Å². The summed E-state index contributed by atoms with van der Waals surface area (Å²) in [4.78, 5) is 26.1. The minimum absolute atomic E-state index is 0.0197.